The average molecular weight is 1590 g/mol. The number of ether oxygens (including phenoxy) is 18. The van der Waals surface area contributed by atoms with Crippen LogP contribution in [0.5, 0.6) is 5.75 Å². The molecule has 3 aliphatic heterocycles. The molecule has 6 amide bonds. The van der Waals surface area contributed by atoms with E-state index >= 15 is 0 Å². The maximum Gasteiger partial charge on any atom is 0.303 e. The Balaban J connectivity index is 1.33. The van der Waals surface area contributed by atoms with Crippen LogP contribution in [0.25, 0.3) is 0 Å². The molecular weight excluding hydrogens is 1460 g/mol. The third-order valence-corrected chi connectivity index (χ3v) is 19.0. The molecule has 0 aromatic heterocycles. The van der Waals surface area contributed by atoms with E-state index in [1.165, 1.54) is 34.6 Å². The third-order valence-electron chi connectivity index (χ3n) is 19.0. The number of phenolic OH excluding ortho intramolecular Hbond substituents is 1. The van der Waals surface area contributed by atoms with Gasteiger partial charge in [-0.15, -0.1) is 0 Å². The van der Waals surface area contributed by atoms with E-state index in [2.05, 4.69) is 45.7 Å². The molecule has 3 saturated heterocycles. The van der Waals surface area contributed by atoms with Gasteiger partial charge < -0.3 is 122 Å². The quantitative estimate of drug-likeness (QED) is 0.0279. The summed E-state index contributed by atoms with van der Waals surface area (Å²) in [6.45, 7) is 21.5. The van der Waals surface area contributed by atoms with Gasteiger partial charge in [0.2, 0.25) is 35.4 Å². The summed E-state index contributed by atoms with van der Waals surface area (Å²) in [4.78, 5) is 125. The van der Waals surface area contributed by atoms with Crippen LogP contribution in [0.15, 0.2) is 24.3 Å². The normalized spacial score (nSPS) is 23.8. The van der Waals surface area contributed by atoms with Gasteiger partial charge in [0.25, 0.3) is 0 Å². The molecule has 0 saturated carbocycles. The van der Waals surface area contributed by atoms with Crippen LogP contribution in [0.3, 0.4) is 0 Å². The monoisotopic (exact) mass is 1590 g/mol. The topological polar surface area (TPSA) is 429 Å². The van der Waals surface area contributed by atoms with E-state index in [1.54, 1.807) is 24.3 Å². The highest BCUT2D eigenvalue weighted by molar-refractivity contribution is 5.78. The molecule has 0 unspecified atom stereocenters. The predicted molar refractivity (Wildman–Crippen MR) is 395 cm³/mol. The second kappa shape index (κ2) is 54.8. The Kier molecular flexibility index (Phi) is 47.7. The van der Waals surface area contributed by atoms with E-state index in [-0.39, 0.29) is 280 Å². The standard InChI is InChI=1S/C76H126N6O29/c1-13-62-49(2)50(3)70(81-55(8)83)75(109-62)104-43-40-98-35-27-80-68(92)22-31-101-48-76(82-69(93)23-28-94-36-37-95-32-24-77-65(89)19-16-60-14-17-61(88)18-15-60,46-99-29-20-66(90)78-25-33-96-38-41-102-73-53(6)51(4)71(107-58(11)86)63(110-73)44-105-56(9)84)47-100-30-21-67(91)79-26-34-97-39-42-103-74-54(7)52(5)72(108-59(12)87)64(111-74)45-106-57(10)85/h14-15,17-18,49-54,62-64,70-75,88H,13,16,19-48H2,1-12H3,(H,77,89)(H,78,90)(H,79,91)(H,80,92)(H,81,83)(H,82,93)/t49-,50+,51-,52-,53-,54-,62-,63-,64-,70-,71-,72-,73-,74-,75-/m1/s1. The summed E-state index contributed by atoms with van der Waals surface area (Å²) < 4.78 is 105. The molecule has 15 atom stereocenters. The van der Waals surface area contributed by atoms with Crippen molar-refractivity contribution in [3.63, 3.8) is 0 Å². The van der Waals surface area contributed by atoms with Gasteiger partial charge in [-0.3, -0.25) is 47.9 Å². The number of phenols is 1. The molecule has 0 bridgehead atoms. The first-order valence-electron chi connectivity index (χ1n) is 38.6. The molecule has 3 aliphatic rings. The van der Waals surface area contributed by atoms with Crippen molar-refractivity contribution in [1.29, 1.82) is 0 Å². The van der Waals surface area contributed by atoms with Gasteiger partial charge in [0.05, 0.1) is 138 Å². The highest BCUT2D eigenvalue weighted by Gasteiger charge is 2.47. The lowest BCUT2D eigenvalue weighted by Gasteiger charge is -2.44. The van der Waals surface area contributed by atoms with Gasteiger partial charge in [-0.1, -0.05) is 60.6 Å². The van der Waals surface area contributed by atoms with Crippen LogP contribution >= 0.6 is 0 Å². The van der Waals surface area contributed by atoms with Gasteiger partial charge in [0.1, 0.15) is 48.9 Å². The fourth-order valence-corrected chi connectivity index (χ4v) is 12.3. The van der Waals surface area contributed by atoms with Crippen LogP contribution in [-0.4, -0.2) is 290 Å². The van der Waals surface area contributed by atoms with E-state index in [0.29, 0.717) is 6.42 Å². The minimum atomic E-state index is -1.46. The largest absolute Gasteiger partial charge is 0.508 e. The number of carbonyl (C=O) groups excluding carboxylic acids is 10. The summed E-state index contributed by atoms with van der Waals surface area (Å²) in [6, 6.07) is 6.30. The van der Waals surface area contributed by atoms with Crippen LogP contribution in [0, 0.1) is 35.5 Å². The van der Waals surface area contributed by atoms with Gasteiger partial charge in [0.15, 0.2) is 18.9 Å². The average Bonchev–Trinajstić information content (AvgIpc) is 0.818. The molecule has 0 radical (unpaired) electrons. The van der Waals surface area contributed by atoms with Crippen LogP contribution in [0.4, 0.5) is 0 Å². The van der Waals surface area contributed by atoms with Crippen molar-refractivity contribution in [3.05, 3.63) is 29.8 Å². The van der Waals surface area contributed by atoms with E-state index in [1.807, 2.05) is 34.6 Å². The minimum Gasteiger partial charge on any atom is -0.508 e. The number of esters is 4. The summed E-state index contributed by atoms with van der Waals surface area (Å²) >= 11 is 0. The highest BCUT2D eigenvalue weighted by atomic mass is 16.7. The Morgan fingerprint density at radius 1 is 0.396 bits per heavy atom. The van der Waals surface area contributed by atoms with E-state index in [0.717, 1.165) is 12.0 Å². The van der Waals surface area contributed by atoms with Crippen molar-refractivity contribution in [3.8, 4) is 5.75 Å². The molecule has 7 N–H and O–H groups in total. The van der Waals surface area contributed by atoms with Gasteiger partial charge in [-0.25, -0.2) is 0 Å². The highest BCUT2D eigenvalue weighted by Crippen LogP contribution is 2.36. The molecule has 0 aliphatic carbocycles. The van der Waals surface area contributed by atoms with E-state index in [4.69, 9.17) is 85.3 Å². The van der Waals surface area contributed by atoms with Gasteiger partial charge in [-0.05, 0) is 42.4 Å². The second-order valence-electron chi connectivity index (χ2n) is 27.9. The molecule has 1 aromatic carbocycles. The fourth-order valence-electron chi connectivity index (χ4n) is 12.3. The van der Waals surface area contributed by atoms with Crippen molar-refractivity contribution in [2.45, 2.75) is 189 Å². The van der Waals surface area contributed by atoms with E-state index < -0.39 is 78.6 Å². The van der Waals surface area contributed by atoms with Crippen molar-refractivity contribution in [1.82, 2.24) is 31.9 Å². The Morgan fingerprint density at radius 3 is 1.14 bits per heavy atom. The second-order valence-corrected chi connectivity index (χ2v) is 27.9. The third kappa shape index (κ3) is 39.7. The van der Waals surface area contributed by atoms with Crippen LogP contribution in [-0.2, 0) is 140 Å². The molecule has 3 fully saturated rings. The number of hydrogen-bond donors (Lipinski definition) is 7. The summed E-state index contributed by atoms with van der Waals surface area (Å²) in [5.74, 6) is -4.29. The zero-order chi connectivity index (χ0) is 81.5. The zero-order valence-corrected chi connectivity index (χ0v) is 67.0. The van der Waals surface area contributed by atoms with Crippen molar-refractivity contribution < 1.29 is 138 Å². The molecule has 634 valence electrons. The molecule has 3 heterocycles. The Labute approximate surface area is 652 Å². The fraction of sp³-hybridized carbons (Fsp3) is 0.789. The van der Waals surface area contributed by atoms with Gasteiger partial charge >= 0.3 is 23.9 Å². The summed E-state index contributed by atoms with van der Waals surface area (Å²) in [5.41, 5.74) is -0.549. The summed E-state index contributed by atoms with van der Waals surface area (Å²) in [5, 5.41) is 26.7. The van der Waals surface area contributed by atoms with Crippen molar-refractivity contribution >= 4 is 59.3 Å². The number of carbonyl (C=O) groups is 10. The number of rotatable bonds is 57. The number of nitrogens with one attached hydrogen (secondary N) is 6. The first-order valence-corrected chi connectivity index (χ1v) is 38.6. The Hall–Kier alpha value is -6.84. The molecule has 0 spiro atoms. The molecular formula is C76H126N6O29. The maximum absolute atomic E-state index is 13.9. The number of hydrogen-bond acceptors (Lipinski definition) is 29. The number of benzene rings is 1. The Morgan fingerprint density at radius 2 is 0.757 bits per heavy atom. The van der Waals surface area contributed by atoms with Crippen molar-refractivity contribution in [2.75, 3.05) is 165 Å². The SMILES string of the molecule is CC[C@H]1O[C@@H](OCCOCCNC(=O)CCOCC(COCCC(=O)NCCOCCO[C@@H]2O[C@H](COC(C)=O)[C@H](OC(C)=O)[C@H](C)[C@H]2C)(COCCC(=O)NCCOCCO[C@@H]2O[C@H](COC(C)=O)[C@H](OC(C)=O)[C@H](C)[C@H]2C)NC(=O)CCOCCOCCNC(=O)CCc2ccc(O)cc2)[C@H](NC(C)=O)[C@@H](C)[C@H]1C. The predicted octanol–water partition coefficient (Wildman–Crippen LogP) is 2.28. The maximum atomic E-state index is 13.9. The van der Waals surface area contributed by atoms with Crippen LogP contribution in [0.2, 0.25) is 0 Å². The molecule has 111 heavy (non-hydrogen) atoms. The van der Waals surface area contributed by atoms with Crippen LogP contribution < -0.4 is 31.9 Å². The van der Waals surface area contributed by atoms with E-state index in [9.17, 15) is 53.1 Å². The summed E-state index contributed by atoms with van der Waals surface area (Å²) in [7, 11) is 0. The van der Waals surface area contributed by atoms with Gasteiger partial charge in [0, 0.05) is 117 Å². The van der Waals surface area contributed by atoms with Gasteiger partial charge in [-0.2, -0.15) is 0 Å². The number of aromatic hydroxyl groups is 1. The zero-order valence-electron chi connectivity index (χ0n) is 67.0. The molecule has 35 heteroatoms. The molecule has 35 nitrogen and oxygen atoms in total. The first-order chi connectivity index (χ1) is 53.1. The molecule has 1 aromatic rings. The Bertz CT molecular complexity index is 2800. The number of amides is 6. The molecule has 4 rings (SSSR count). The van der Waals surface area contributed by atoms with Crippen LogP contribution in [0.1, 0.15) is 127 Å². The first kappa shape index (κ1) is 96.5. The lowest BCUT2D eigenvalue weighted by molar-refractivity contribution is -0.275. The lowest BCUT2D eigenvalue weighted by Crippen LogP contribution is -2.59. The summed E-state index contributed by atoms with van der Waals surface area (Å²) in [6.07, 6.45) is -3.83. The lowest BCUT2D eigenvalue weighted by atomic mass is 9.81. The van der Waals surface area contributed by atoms with Crippen molar-refractivity contribution in [2.24, 2.45) is 35.5 Å². The number of aryl methyl sites for hydroxylation is 1. The smallest absolute Gasteiger partial charge is 0.303 e. The minimum absolute atomic E-state index is 0.0307.